The Morgan fingerprint density at radius 1 is 1.52 bits per heavy atom. The summed E-state index contributed by atoms with van der Waals surface area (Å²) in [5.74, 6) is 0.761. The minimum absolute atomic E-state index is 0.179. The van der Waals surface area contributed by atoms with Gasteiger partial charge in [-0.1, -0.05) is 6.07 Å². The van der Waals surface area contributed by atoms with Crippen LogP contribution in [0.3, 0.4) is 0 Å². The van der Waals surface area contributed by atoms with Crippen molar-refractivity contribution in [3.8, 4) is 0 Å². The Morgan fingerprint density at radius 3 is 3.09 bits per heavy atom. The van der Waals surface area contributed by atoms with Crippen LogP contribution in [0.5, 0.6) is 0 Å². The van der Waals surface area contributed by atoms with Crippen LogP contribution in [0.1, 0.15) is 24.0 Å². The topological polar surface area (TPSA) is 51.7 Å². The molecule has 6 heteroatoms. The van der Waals surface area contributed by atoms with Crippen LogP contribution in [-0.4, -0.2) is 59.2 Å². The maximum atomic E-state index is 11.9. The van der Waals surface area contributed by atoms with Crippen molar-refractivity contribution in [2.45, 2.75) is 38.1 Å². The molecule has 1 amide bonds. The van der Waals surface area contributed by atoms with E-state index in [1.54, 1.807) is 11.8 Å². The summed E-state index contributed by atoms with van der Waals surface area (Å²) in [6.07, 6.45) is 7.64. The summed E-state index contributed by atoms with van der Waals surface area (Å²) in [7, 11) is 0. The van der Waals surface area contributed by atoms with Crippen LogP contribution in [-0.2, 0) is 20.9 Å². The third-order valence-corrected chi connectivity index (χ3v) is 4.98. The third-order valence-electron chi connectivity index (χ3n) is 4.44. The molecule has 1 unspecified atom stereocenters. The van der Waals surface area contributed by atoms with Crippen molar-refractivity contribution in [2.24, 2.45) is 0 Å². The first-order valence-electron chi connectivity index (χ1n) is 8.03. The number of nitrogens with zero attached hydrogens (tertiary/aromatic N) is 2. The van der Waals surface area contributed by atoms with E-state index in [9.17, 15) is 4.79 Å². The van der Waals surface area contributed by atoms with Crippen LogP contribution in [0.2, 0.25) is 0 Å². The van der Waals surface area contributed by atoms with Gasteiger partial charge in [-0.25, -0.2) is 0 Å². The minimum Gasteiger partial charge on any atom is -0.373 e. The van der Waals surface area contributed by atoms with E-state index in [0.29, 0.717) is 32.1 Å². The highest BCUT2D eigenvalue weighted by Gasteiger charge is 2.49. The maximum absolute atomic E-state index is 11.9. The van der Waals surface area contributed by atoms with Gasteiger partial charge in [-0.05, 0) is 30.7 Å². The molecular weight excluding hydrogens is 312 g/mol. The molecule has 0 aliphatic carbocycles. The van der Waals surface area contributed by atoms with Gasteiger partial charge in [-0.2, -0.15) is 11.8 Å². The molecule has 2 saturated heterocycles. The van der Waals surface area contributed by atoms with Gasteiger partial charge in [0.25, 0.3) is 0 Å². The molecule has 0 saturated carbocycles. The Balaban J connectivity index is 1.49. The van der Waals surface area contributed by atoms with Gasteiger partial charge in [0.05, 0.1) is 31.6 Å². The number of hydrogen-bond acceptors (Lipinski definition) is 5. The van der Waals surface area contributed by atoms with E-state index >= 15 is 0 Å². The fraction of sp³-hybridized carbons (Fsp3) is 0.647. The first-order chi connectivity index (χ1) is 11.1. The lowest BCUT2D eigenvalue weighted by Crippen LogP contribution is -2.67. The van der Waals surface area contributed by atoms with Crippen molar-refractivity contribution >= 4 is 17.7 Å². The van der Waals surface area contributed by atoms with Crippen LogP contribution >= 0.6 is 11.8 Å². The molecule has 1 aromatic rings. The summed E-state index contributed by atoms with van der Waals surface area (Å²) in [6.45, 7) is 4.75. The average Bonchev–Trinajstić information content (AvgIpc) is 2.51. The van der Waals surface area contributed by atoms with E-state index in [-0.39, 0.29) is 17.6 Å². The molecule has 0 aromatic carbocycles. The quantitative estimate of drug-likeness (QED) is 0.823. The van der Waals surface area contributed by atoms with Crippen LogP contribution < -0.4 is 0 Å². The van der Waals surface area contributed by atoms with Gasteiger partial charge in [0, 0.05) is 25.4 Å². The molecule has 0 radical (unpaired) electrons. The monoisotopic (exact) mass is 336 g/mol. The number of carbonyl (C=O) groups excluding carboxylic acids is 1. The predicted molar refractivity (Wildman–Crippen MR) is 90.4 cm³/mol. The number of aryl methyl sites for hydroxylation is 1. The highest BCUT2D eigenvalue weighted by Crippen LogP contribution is 2.35. The Kier molecular flexibility index (Phi) is 5.24. The third kappa shape index (κ3) is 4.05. The summed E-state index contributed by atoms with van der Waals surface area (Å²) < 4.78 is 12.0. The van der Waals surface area contributed by atoms with E-state index in [4.69, 9.17) is 9.47 Å². The number of carbonyl (C=O) groups is 1. The molecule has 1 atom stereocenters. The molecule has 1 spiro atoms. The van der Waals surface area contributed by atoms with Gasteiger partial charge < -0.3 is 14.4 Å². The summed E-state index contributed by atoms with van der Waals surface area (Å²) in [5.41, 5.74) is 2.08. The van der Waals surface area contributed by atoms with E-state index < -0.39 is 0 Å². The van der Waals surface area contributed by atoms with Crippen molar-refractivity contribution in [3.05, 3.63) is 29.6 Å². The zero-order valence-electron chi connectivity index (χ0n) is 13.8. The lowest BCUT2D eigenvalue weighted by atomic mass is 9.84. The molecule has 1 aromatic heterocycles. The van der Waals surface area contributed by atoms with Crippen molar-refractivity contribution in [1.82, 2.24) is 9.88 Å². The number of ether oxygens (including phenoxy) is 2. The molecule has 5 nitrogen and oxygen atoms in total. The summed E-state index contributed by atoms with van der Waals surface area (Å²) in [4.78, 5) is 18.0. The van der Waals surface area contributed by atoms with Gasteiger partial charge in [-0.15, -0.1) is 0 Å². The van der Waals surface area contributed by atoms with Gasteiger partial charge in [0.2, 0.25) is 5.91 Å². The summed E-state index contributed by atoms with van der Waals surface area (Å²) >= 11 is 1.57. The Morgan fingerprint density at radius 2 is 2.35 bits per heavy atom. The van der Waals surface area contributed by atoms with Crippen LogP contribution in [0.15, 0.2) is 18.5 Å². The number of pyridine rings is 1. The van der Waals surface area contributed by atoms with E-state index in [2.05, 4.69) is 11.1 Å². The molecule has 2 fully saturated rings. The van der Waals surface area contributed by atoms with Crippen LogP contribution in [0.4, 0.5) is 0 Å². The second-order valence-corrected chi connectivity index (χ2v) is 7.38. The number of likely N-dealkylation sites (tertiary alicyclic amines) is 1. The maximum Gasteiger partial charge on any atom is 0.232 e. The molecule has 126 valence electrons. The Bertz CT molecular complexity index is 561. The average molecular weight is 336 g/mol. The Labute approximate surface area is 141 Å². The minimum atomic E-state index is -0.179. The second kappa shape index (κ2) is 7.20. The van der Waals surface area contributed by atoms with E-state index in [1.165, 1.54) is 0 Å². The lowest BCUT2D eigenvalue weighted by molar-refractivity contribution is -0.201. The highest BCUT2D eigenvalue weighted by atomic mass is 32.2. The van der Waals surface area contributed by atoms with E-state index in [0.717, 1.165) is 24.0 Å². The lowest BCUT2D eigenvalue weighted by Gasteiger charge is -2.53. The first-order valence-corrected chi connectivity index (χ1v) is 9.42. The number of rotatable bonds is 5. The molecule has 2 aliphatic rings. The molecule has 3 rings (SSSR count). The summed E-state index contributed by atoms with van der Waals surface area (Å²) in [6, 6.07) is 2.11. The van der Waals surface area contributed by atoms with Crippen molar-refractivity contribution in [3.63, 3.8) is 0 Å². The molecule has 0 bridgehead atoms. The number of aromatic nitrogens is 1. The predicted octanol–water partition coefficient (Wildman–Crippen LogP) is 2.03. The van der Waals surface area contributed by atoms with Gasteiger partial charge >= 0.3 is 0 Å². The molecular formula is C17H24N2O3S. The van der Waals surface area contributed by atoms with Gasteiger partial charge in [-0.3, -0.25) is 9.78 Å². The zero-order valence-corrected chi connectivity index (χ0v) is 14.6. The number of thioether (sulfide) groups is 1. The largest absolute Gasteiger partial charge is 0.373 e. The molecule has 23 heavy (non-hydrogen) atoms. The molecule has 2 aliphatic heterocycles. The second-order valence-electron chi connectivity index (χ2n) is 6.51. The Hall–Kier alpha value is -1.11. The van der Waals surface area contributed by atoms with Crippen LogP contribution in [0.25, 0.3) is 0 Å². The standard InChI is InChI=1S/C17H24N2O3S/c1-13-5-14(8-18-7-13)9-21-15-3-4-22-17(6-15)11-19(12-17)16(20)10-23-2/h5,7-8,15H,3-4,6,9-12H2,1-2H3. The fourth-order valence-corrected chi connectivity index (χ4v) is 3.73. The number of amides is 1. The molecule has 0 N–H and O–H groups in total. The van der Waals surface area contributed by atoms with Crippen LogP contribution in [0, 0.1) is 6.92 Å². The fourth-order valence-electron chi connectivity index (χ4n) is 3.30. The van der Waals surface area contributed by atoms with E-state index in [1.807, 2.05) is 30.5 Å². The van der Waals surface area contributed by atoms with Crippen molar-refractivity contribution in [2.75, 3.05) is 31.7 Å². The van der Waals surface area contributed by atoms with Crippen molar-refractivity contribution < 1.29 is 14.3 Å². The highest BCUT2D eigenvalue weighted by molar-refractivity contribution is 7.99. The first kappa shape index (κ1) is 16.7. The van der Waals surface area contributed by atoms with Gasteiger partial charge in [0.1, 0.15) is 5.60 Å². The van der Waals surface area contributed by atoms with Crippen molar-refractivity contribution in [1.29, 1.82) is 0 Å². The zero-order chi connectivity index (χ0) is 16.3. The number of hydrogen-bond donors (Lipinski definition) is 0. The smallest absolute Gasteiger partial charge is 0.232 e. The SMILES string of the molecule is CSCC(=O)N1CC2(CC(OCc3cncc(C)c3)CCO2)C1. The normalized spacial score (nSPS) is 22.9. The van der Waals surface area contributed by atoms with Gasteiger partial charge in [0.15, 0.2) is 0 Å². The summed E-state index contributed by atoms with van der Waals surface area (Å²) in [5, 5.41) is 0. The molecule has 3 heterocycles.